The van der Waals surface area contributed by atoms with Gasteiger partial charge in [0, 0.05) is 12.5 Å². The summed E-state index contributed by atoms with van der Waals surface area (Å²) in [5.74, 6) is 0.387. The van der Waals surface area contributed by atoms with Crippen LogP contribution in [0.4, 0.5) is 0 Å². The van der Waals surface area contributed by atoms with Crippen molar-refractivity contribution < 1.29 is 9.59 Å². The molecular weight excluding hydrogens is 178 g/mol. The molecule has 0 bridgehead atoms. The van der Waals surface area contributed by atoms with Crippen LogP contribution >= 0.6 is 0 Å². The molecule has 2 unspecified atom stereocenters. The lowest BCUT2D eigenvalue weighted by Gasteiger charge is -2.28. The smallest absolute Gasteiger partial charge is 0.227 e. The first-order valence-electron chi connectivity index (χ1n) is 5.23. The van der Waals surface area contributed by atoms with E-state index in [1.165, 1.54) is 6.42 Å². The molecule has 3 heteroatoms. The number of carbonyl (C=O) groups is 2. The molecule has 0 aromatic carbocycles. The predicted molar refractivity (Wildman–Crippen MR) is 52.6 cm³/mol. The summed E-state index contributed by atoms with van der Waals surface area (Å²) in [5.41, 5.74) is 0. The van der Waals surface area contributed by atoms with E-state index in [1.54, 1.807) is 0 Å². The largest absolute Gasteiger partial charge is 0.355 e. The molecule has 0 aromatic rings. The molecule has 76 valence electrons. The van der Waals surface area contributed by atoms with Crippen LogP contribution in [0.25, 0.3) is 0 Å². The summed E-state index contributed by atoms with van der Waals surface area (Å²) in [5, 5.41) is 2.77. The Bertz CT molecular complexity index is 283. The van der Waals surface area contributed by atoms with Crippen molar-refractivity contribution in [3.8, 4) is 0 Å². The summed E-state index contributed by atoms with van der Waals surface area (Å²) in [6, 6.07) is 0. The molecular formula is C11H15NO2. The highest BCUT2D eigenvalue weighted by molar-refractivity contribution is 6.01. The number of carbonyl (C=O) groups excluding carboxylic acids is 2. The van der Waals surface area contributed by atoms with Crippen LogP contribution < -0.4 is 5.32 Å². The van der Waals surface area contributed by atoms with Crippen LogP contribution in [0, 0.1) is 11.8 Å². The maximum Gasteiger partial charge on any atom is 0.227 e. The van der Waals surface area contributed by atoms with Gasteiger partial charge in [-0.1, -0.05) is 12.2 Å². The second kappa shape index (κ2) is 3.95. The van der Waals surface area contributed by atoms with Crippen LogP contribution in [0.15, 0.2) is 12.2 Å². The molecule has 3 nitrogen and oxygen atoms in total. The Hall–Kier alpha value is -1.12. The van der Waals surface area contributed by atoms with Crippen molar-refractivity contribution in [2.75, 3.05) is 6.54 Å². The summed E-state index contributed by atoms with van der Waals surface area (Å²) in [6.45, 7) is 0.534. The number of piperidine rings is 1. The van der Waals surface area contributed by atoms with Gasteiger partial charge in [-0.2, -0.15) is 0 Å². The predicted octanol–water partition coefficient (Wildman–Crippen LogP) is 1.05. The van der Waals surface area contributed by atoms with E-state index in [9.17, 15) is 9.59 Å². The number of nitrogens with one attached hydrogen (secondary N) is 1. The van der Waals surface area contributed by atoms with Crippen molar-refractivity contribution >= 4 is 11.7 Å². The molecule has 1 N–H and O–H groups in total. The molecule has 0 saturated carbocycles. The molecule has 1 aliphatic carbocycles. The van der Waals surface area contributed by atoms with Crippen LogP contribution in [0.1, 0.15) is 25.7 Å². The van der Waals surface area contributed by atoms with E-state index in [2.05, 4.69) is 17.5 Å². The second-order valence-electron chi connectivity index (χ2n) is 4.08. The van der Waals surface area contributed by atoms with Gasteiger partial charge in [-0.05, 0) is 25.2 Å². The van der Waals surface area contributed by atoms with Gasteiger partial charge in [0.25, 0.3) is 0 Å². The first-order chi connectivity index (χ1) is 6.77. The van der Waals surface area contributed by atoms with Gasteiger partial charge < -0.3 is 5.32 Å². The van der Waals surface area contributed by atoms with Crippen LogP contribution in [-0.4, -0.2) is 18.2 Å². The maximum atomic E-state index is 11.6. The van der Waals surface area contributed by atoms with Crippen LogP contribution in [0.2, 0.25) is 0 Å². The number of allylic oxidation sites excluding steroid dienone is 2. The normalized spacial score (nSPS) is 32.9. The summed E-state index contributed by atoms with van der Waals surface area (Å²) in [6.07, 6.45) is 7.75. The molecule has 2 aliphatic rings. The van der Waals surface area contributed by atoms with Crippen molar-refractivity contribution in [1.29, 1.82) is 0 Å². The molecule has 1 heterocycles. The minimum absolute atomic E-state index is 0.0317. The zero-order chi connectivity index (χ0) is 9.97. The molecule has 0 spiro atoms. The minimum Gasteiger partial charge on any atom is -0.355 e. The number of amides is 1. The van der Waals surface area contributed by atoms with Crippen molar-refractivity contribution in [1.82, 2.24) is 5.32 Å². The summed E-state index contributed by atoms with van der Waals surface area (Å²) in [7, 11) is 0. The molecule has 1 amide bonds. The fraction of sp³-hybridized carbons (Fsp3) is 0.636. The Kier molecular flexibility index (Phi) is 2.66. The van der Waals surface area contributed by atoms with Gasteiger partial charge in [0.05, 0.1) is 6.42 Å². The van der Waals surface area contributed by atoms with Crippen molar-refractivity contribution in [2.45, 2.75) is 25.7 Å². The van der Waals surface area contributed by atoms with Crippen LogP contribution in [0.3, 0.4) is 0 Å². The number of ketones is 1. The zero-order valence-electron chi connectivity index (χ0n) is 8.16. The van der Waals surface area contributed by atoms with Gasteiger partial charge >= 0.3 is 0 Å². The third-order valence-electron chi connectivity index (χ3n) is 3.08. The lowest BCUT2D eigenvalue weighted by molar-refractivity contribution is -0.134. The Morgan fingerprint density at radius 3 is 2.86 bits per heavy atom. The molecule has 2 rings (SSSR count). The Balaban J connectivity index is 2.03. The highest BCUT2D eigenvalue weighted by Gasteiger charge is 2.32. The lowest BCUT2D eigenvalue weighted by atomic mass is 9.80. The zero-order valence-corrected chi connectivity index (χ0v) is 8.16. The fourth-order valence-corrected chi connectivity index (χ4v) is 2.25. The van der Waals surface area contributed by atoms with Gasteiger partial charge in [0.2, 0.25) is 5.91 Å². The van der Waals surface area contributed by atoms with Crippen LogP contribution in [0.5, 0.6) is 0 Å². The SMILES string of the molecule is O=C1CC(=O)C(C2C=CCCC2)CN1. The van der Waals surface area contributed by atoms with Crippen molar-refractivity contribution in [3.63, 3.8) is 0 Å². The van der Waals surface area contributed by atoms with Gasteiger partial charge in [-0.25, -0.2) is 0 Å². The van der Waals surface area contributed by atoms with Gasteiger partial charge in [0.1, 0.15) is 5.78 Å². The van der Waals surface area contributed by atoms with E-state index in [0.29, 0.717) is 12.5 Å². The van der Waals surface area contributed by atoms with Crippen LogP contribution in [-0.2, 0) is 9.59 Å². The average Bonchev–Trinajstić information content (AvgIpc) is 2.19. The minimum atomic E-state index is -0.119. The van der Waals surface area contributed by atoms with E-state index in [1.807, 2.05) is 0 Å². The average molecular weight is 193 g/mol. The first kappa shape index (κ1) is 9.44. The maximum absolute atomic E-state index is 11.6. The Labute approximate surface area is 83.6 Å². The molecule has 0 aromatic heterocycles. The highest BCUT2D eigenvalue weighted by atomic mass is 16.2. The number of Topliss-reactive ketones (excluding diaryl/α,β-unsaturated/α-hetero) is 1. The quantitative estimate of drug-likeness (QED) is 0.499. The molecule has 1 aliphatic heterocycles. The van der Waals surface area contributed by atoms with Gasteiger partial charge in [0.15, 0.2) is 0 Å². The van der Waals surface area contributed by atoms with E-state index in [-0.39, 0.29) is 24.0 Å². The van der Waals surface area contributed by atoms with Gasteiger partial charge in [-0.3, -0.25) is 9.59 Å². The van der Waals surface area contributed by atoms with Crippen molar-refractivity contribution in [3.05, 3.63) is 12.2 Å². The number of hydrogen-bond acceptors (Lipinski definition) is 2. The molecule has 14 heavy (non-hydrogen) atoms. The molecule has 2 atom stereocenters. The van der Waals surface area contributed by atoms with E-state index < -0.39 is 0 Å². The van der Waals surface area contributed by atoms with Crippen molar-refractivity contribution in [2.24, 2.45) is 11.8 Å². The number of hydrogen-bond donors (Lipinski definition) is 1. The summed E-state index contributed by atoms with van der Waals surface area (Å²) >= 11 is 0. The van der Waals surface area contributed by atoms with E-state index in [4.69, 9.17) is 0 Å². The molecule has 0 radical (unpaired) electrons. The first-order valence-corrected chi connectivity index (χ1v) is 5.23. The second-order valence-corrected chi connectivity index (χ2v) is 4.08. The third kappa shape index (κ3) is 1.86. The number of rotatable bonds is 1. The Morgan fingerprint density at radius 1 is 1.36 bits per heavy atom. The monoisotopic (exact) mass is 193 g/mol. The van der Waals surface area contributed by atoms with E-state index >= 15 is 0 Å². The fourth-order valence-electron chi connectivity index (χ4n) is 2.25. The highest BCUT2D eigenvalue weighted by Crippen LogP contribution is 2.27. The molecule has 1 fully saturated rings. The third-order valence-corrected chi connectivity index (χ3v) is 3.08. The van der Waals surface area contributed by atoms with Gasteiger partial charge in [-0.15, -0.1) is 0 Å². The lowest BCUT2D eigenvalue weighted by Crippen LogP contribution is -2.44. The van der Waals surface area contributed by atoms with E-state index in [0.717, 1.165) is 12.8 Å². The molecule has 1 saturated heterocycles. The summed E-state index contributed by atoms with van der Waals surface area (Å²) < 4.78 is 0. The topological polar surface area (TPSA) is 46.2 Å². The Morgan fingerprint density at radius 2 is 2.21 bits per heavy atom. The summed E-state index contributed by atoms with van der Waals surface area (Å²) in [4.78, 5) is 22.6. The standard InChI is InChI=1S/C11H15NO2/c13-10-6-11(14)12-7-9(10)8-4-2-1-3-5-8/h2,4,8-9H,1,3,5-7H2,(H,12,14).